The molecule has 0 saturated carbocycles. The average molecular weight is 682 g/mol. The number of nitrogens with zero attached hydrogens (tertiary/aromatic N) is 2. The lowest BCUT2D eigenvalue weighted by Crippen LogP contribution is -2.36. The molecule has 1 spiro atoms. The van der Waals surface area contributed by atoms with Gasteiger partial charge < -0.3 is 10.1 Å². The van der Waals surface area contributed by atoms with Crippen LogP contribution in [0.2, 0.25) is 0 Å². The predicted molar refractivity (Wildman–Crippen MR) is 213 cm³/mol. The zero-order chi connectivity index (χ0) is 35.3. The van der Waals surface area contributed by atoms with Gasteiger partial charge in [0.2, 0.25) is 0 Å². The van der Waals surface area contributed by atoms with Crippen molar-refractivity contribution in [2.24, 2.45) is 9.98 Å². The van der Waals surface area contributed by atoms with Gasteiger partial charge in [0.05, 0.1) is 5.41 Å². The van der Waals surface area contributed by atoms with Crippen molar-refractivity contribution >= 4 is 11.7 Å². The highest BCUT2D eigenvalue weighted by Crippen LogP contribution is 2.62. The molecule has 53 heavy (non-hydrogen) atoms. The molecule has 2 heterocycles. The van der Waals surface area contributed by atoms with Gasteiger partial charge in [0.1, 0.15) is 17.3 Å². The van der Waals surface area contributed by atoms with Crippen molar-refractivity contribution in [2.75, 3.05) is 0 Å². The van der Waals surface area contributed by atoms with Gasteiger partial charge in [-0.1, -0.05) is 166 Å². The molecule has 4 heteroatoms. The summed E-state index contributed by atoms with van der Waals surface area (Å²) in [6.07, 6.45) is -0.458. The molecule has 11 rings (SSSR count). The zero-order valence-electron chi connectivity index (χ0n) is 29.5. The molecule has 0 bridgehead atoms. The predicted octanol–water partition coefficient (Wildman–Crippen LogP) is 11.0. The topological polar surface area (TPSA) is 46.0 Å². The Hall–Kier alpha value is -6.52. The quantitative estimate of drug-likeness (QED) is 0.202. The Balaban J connectivity index is 1.10. The fourth-order valence-corrected chi connectivity index (χ4v) is 9.44. The minimum absolute atomic E-state index is 0.130. The minimum Gasteiger partial charge on any atom is -0.456 e. The molecule has 2 aliphatic carbocycles. The maximum absolute atomic E-state index is 7.04. The maximum atomic E-state index is 7.04. The van der Waals surface area contributed by atoms with Crippen LogP contribution in [0.5, 0.6) is 11.5 Å². The first-order chi connectivity index (χ1) is 26.0. The highest BCUT2D eigenvalue weighted by atomic mass is 16.5. The van der Waals surface area contributed by atoms with Crippen molar-refractivity contribution in [1.82, 2.24) is 5.32 Å². The van der Waals surface area contributed by atoms with Crippen LogP contribution in [-0.2, 0) is 10.8 Å². The van der Waals surface area contributed by atoms with E-state index < -0.39 is 11.6 Å². The van der Waals surface area contributed by atoms with Crippen LogP contribution in [0.25, 0.3) is 22.3 Å². The lowest BCUT2D eigenvalue weighted by atomic mass is 9.65. The van der Waals surface area contributed by atoms with Gasteiger partial charge in [0.25, 0.3) is 0 Å². The highest BCUT2D eigenvalue weighted by Gasteiger charge is 2.51. The number of hydrogen-bond acceptors (Lipinski definition) is 4. The molecule has 1 atom stereocenters. The van der Waals surface area contributed by atoms with Crippen LogP contribution in [-0.4, -0.2) is 11.7 Å². The number of benzene rings is 7. The molecule has 2 aliphatic heterocycles. The summed E-state index contributed by atoms with van der Waals surface area (Å²) in [6.45, 7) is 4.63. The van der Waals surface area contributed by atoms with E-state index in [1.54, 1.807) is 0 Å². The second-order valence-electron chi connectivity index (χ2n) is 14.9. The number of rotatable bonds is 3. The van der Waals surface area contributed by atoms with Gasteiger partial charge in [-0.05, 0) is 56.6 Å². The van der Waals surface area contributed by atoms with Crippen LogP contribution >= 0.6 is 0 Å². The monoisotopic (exact) mass is 681 g/mol. The second-order valence-corrected chi connectivity index (χ2v) is 14.9. The van der Waals surface area contributed by atoms with Crippen molar-refractivity contribution in [3.8, 4) is 33.8 Å². The van der Waals surface area contributed by atoms with Crippen molar-refractivity contribution < 1.29 is 4.74 Å². The van der Waals surface area contributed by atoms with Gasteiger partial charge in [-0.3, -0.25) is 0 Å². The van der Waals surface area contributed by atoms with E-state index in [2.05, 4.69) is 165 Å². The Morgan fingerprint density at radius 3 is 1.83 bits per heavy atom. The van der Waals surface area contributed by atoms with Crippen molar-refractivity contribution in [1.29, 1.82) is 0 Å². The molecule has 1 N–H and O–H groups in total. The van der Waals surface area contributed by atoms with E-state index in [0.29, 0.717) is 5.84 Å². The highest BCUT2D eigenvalue weighted by molar-refractivity contribution is 6.13. The Kier molecular flexibility index (Phi) is 6.25. The van der Waals surface area contributed by atoms with Crippen molar-refractivity contribution in [3.63, 3.8) is 0 Å². The molecular formula is C49H35N3O. The Labute approximate surface area is 309 Å². The van der Waals surface area contributed by atoms with Gasteiger partial charge in [-0.25, -0.2) is 9.98 Å². The maximum Gasteiger partial charge on any atom is 0.159 e. The average Bonchev–Trinajstić information content (AvgIpc) is 3.63. The molecule has 1 unspecified atom stereocenters. The summed E-state index contributed by atoms with van der Waals surface area (Å²) >= 11 is 0. The largest absolute Gasteiger partial charge is 0.456 e. The molecule has 7 aromatic carbocycles. The first-order valence-corrected chi connectivity index (χ1v) is 18.4. The third kappa shape index (κ3) is 4.12. The van der Waals surface area contributed by atoms with E-state index in [4.69, 9.17) is 14.7 Å². The number of ether oxygens (including phenoxy) is 1. The summed E-state index contributed by atoms with van der Waals surface area (Å²) in [6, 6.07) is 58.6. The van der Waals surface area contributed by atoms with E-state index in [0.717, 1.165) is 45.2 Å². The van der Waals surface area contributed by atoms with Crippen LogP contribution in [0.1, 0.15) is 70.1 Å². The van der Waals surface area contributed by atoms with Crippen LogP contribution < -0.4 is 10.1 Å². The van der Waals surface area contributed by atoms with Crippen molar-refractivity contribution in [2.45, 2.75) is 30.8 Å². The molecule has 0 aromatic heterocycles. The molecule has 4 aliphatic rings. The first-order valence-electron chi connectivity index (χ1n) is 18.4. The fourth-order valence-electron chi connectivity index (χ4n) is 9.44. The smallest absolute Gasteiger partial charge is 0.159 e. The fraction of sp³-hybridized carbons (Fsp3) is 0.102. The van der Waals surface area contributed by atoms with Crippen LogP contribution in [0, 0.1) is 0 Å². The van der Waals surface area contributed by atoms with Crippen LogP contribution in [0.15, 0.2) is 174 Å². The van der Waals surface area contributed by atoms with Gasteiger partial charge in [-0.2, -0.15) is 0 Å². The molecule has 0 saturated heterocycles. The number of amidine groups is 2. The first kappa shape index (κ1) is 30.1. The summed E-state index contributed by atoms with van der Waals surface area (Å²) in [7, 11) is 0. The second kappa shape index (κ2) is 11.0. The Morgan fingerprint density at radius 1 is 0.509 bits per heavy atom. The van der Waals surface area contributed by atoms with Crippen LogP contribution in [0.4, 0.5) is 0 Å². The van der Waals surface area contributed by atoms with E-state index in [1.807, 2.05) is 18.2 Å². The molecule has 252 valence electrons. The normalized spacial score (nSPS) is 17.5. The summed E-state index contributed by atoms with van der Waals surface area (Å²) in [5, 5.41) is 3.80. The SMILES string of the molecule is CC1(C)c2ccccc2-c2ccc(C3=NC(c4ccccc4)=NC(c4cccc5c4Oc4ccccc4C54c5ccccc5-c5ccccc54)N3)cc21. The van der Waals surface area contributed by atoms with Gasteiger partial charge >= 0.3 is 0 Å². The molecule has 0 fully saturated rings. The van der Waals surface area contributed by atoms with E-state index in [1.165, 1.54) is 44.5 Å². The molecule has 0 amide bonds. The number of hydrogen-bond donors (Lipinski definition) is 1. The van der Waals surface area contributed by atoms with E-state index >= 15 is 0 Å². The summed E-state index contributed by atoms with van der Waals surface area (Å²) in [4.78, 5) is 10.6. The van der Waals surface area contributed by atoms with Gasteiger partial charge in [0, 0.05) is 33.2 Å². The van der Waals surface area contributed by atoms with Gasteiger partial charge in [0.15, 0.2) is 12.0 Å². The molecule has 0 radical (unpaired) electrons. The molecule has 7 aromatic rings. The molecule has 4 nitrogen and oxygen atoms in total. The summed E-state index contributed by atoms with van der Waals surface area (Å²) in [5.74, 6) is 3.17. The minimum atomic E-state index is -0.550. The van der Waals surface area contributed by atoms with E-state index in [-0.39, 0.29) is 5.41 Å². The van der Waals surface area contributed by atoms with E-state index in [9.17, 15) is 0 Å². The summed E-state index contributed by atoms with van der Waals surface area (Å²) in [5.41, 5.74) is 14.8. The number of nitrogens with one attached hydrogen (secondary N) is 1. The van der Waals surface area contributed by atoms with Crippen molar-refractivity contribution in [3.05, 3.63) is 214 Å². The Bertz CT molecular complexity index is 2680. The number of fused-ring (bicyclic) bond motifs is 12. The molecular weight excluding hydrogens is 647 g/mol. The standard InChI is InChI=1S/C49H35N3O/c1-48(2)37-21-9-6-17-32(37)35-28-27-31(29-42(35)48)46-50-45(30-15-4-3-5-16-30)51-47(52-46)36-20-14-25-41-44(36)53-43-26-13-12-24-40(43)49(41)38-22-10-7-18-33(38)34-19-8-11-23-39(34)49/h3-29,47H,1-2H3,(H,50,51,52). The third-order valence-corrected chi connectivity index (χ3v) is 11.8. The number of para-hydroxylation sites is 2. The zero-order valence-corrected chi connectivity index (χ0v) is 29.5. The lowest BCUT2D eigenvalue weighted by molar-refractivity contribution is 0.424. The lowest BCUT2D eigenvalue weighted by Gasteiger charge is -2.40. The van der Waals surface area contributed by atoms with Gasteiger partial charge in [-0.15, -0.1) is 0 Å². The number of aliphatic imine (C=N–C) groups is 2. The summed E-state index contributed by atoms with van der Waals surface area (Å²) < 4.78 is 7.04. The Morgan fingerprint density at radius 2 is 1.09 bits per heavy atom. The van der Waals surface area contributed by atoms with Crippen LogP contribution in [0.3, 0.4) is 0 Å². The third-order valence-electron chi connectivity index (χ3n) is 11.8.